The van der Waals surface area contributed by atoms with E-state index in [2.05, 4.69) is 27.2 Å². The van der Waals surface area contributed by atoms with Crippen molar-refractivity contribution in [2.45, 2.75) is 76.4 Å². The highest BCUT2D eigenvalue weighted by molar-refractivity contribution is 5.89. The van der Waals surface area contributed by atoms with Gasteiger partial charge in [0.15, 0.2) is 0 Å². The van der Waals surface area contributed by atoms with Crippen LogP contribution in [-0.2, 0) is 4.79 Å². The zero-order valence-corrected chi connectivity index (χ0v) is 15.0. The van der Waals surface area contributed by atoms with Crippen LogP contribution in [0.25, 0.3) is 0 Å². The van der Waals surface area contributed by atoms with Crippen LogP contribution in [0, 0.1) is 6.92 Å². The molecule has 0 bridgehead atoms. The summed E-state index contributed by atoms with van der Waals surface area (Å²) in [5.74, 6) is 0.706. The van der Waals surface area contributed by atoms with E-state index in [1.165, 1.54) is 32.1 Å². The van der Waals surface area contributed by atoms with Crippen LogP contribution in [0.5, 0.6) is 0 Å². The molecule has 1 aromatic heterocycles. The molecule has 1 atom stereocenters. The largest absolute Gasteiger partial charge is 0.348 e. The van der Waals surface area contributed by atoms with Gasteiger partial charge in [0, 0.05) is 30.5 Å². The monoisotopic (exact) mass is 331 g/mol. The zero-order valence-electron chi connectivity index (χ0n) is 15.0. The Hall–Kier alpha value is -1.69. The number of aromatic nitrogens is 2. The molecule has 3 N–H and O–H groups in total. The molecule has 6 heteroatoms. The van der Waals surface area contributed by atoms with Gasteiger partial charge < -0.3 is 16.0 Å². The first-order chi connectivity index (χ1) is 11.4. The van der Waals surface area contributed by atoms with Gasteiger partial charge in [-0.2, -0.15) is 0 Å². The Bertz CT molecular complexity index is 607. The molecule has 2 aliphatic rings. The van der Waals surface area contributed by atoms with Gasteiger partial charge in [-0.3, -0.25) is 4.79 Å². The van der Waals surface area contributed by atoms with E-state index in [-0.39, 0.29) is 11.9 Å². The van der Waals surface area contributed by atoms with Crippen molar-refractivity contribution in [2.75, 3.05) is 11.9 Å². The lowest BCUT2D eigenvalue weighted by Gasteiger charge is -2.31. The summed E-state index contributed by atoms with van der Waals surface area (Å²) in [5, 5.41) is 2.99. The molecule has 0 saturated heterocycles. The second kappa shape index (κ2) is 6.67. The second-order valence-electron chi connectivity index (χ2n) is 7.46. The van der Waals surface area contributed by atoms with E-state index >= 15 is 0 Å². The first kappa shape index (κ1) is 17.1. The van der Waals surface area contributed by atoms with Crippen molar-refractivity contribution >= 4 is 11.9 Å². The molecule has 1 amide bonds. The molecule has 1 aromatic rings. The summed E-state index contributed by atoms with van der Waals surface area (Å²) in [5.41, 5.74) is 7.17. The quantitative estimate of drug-likeness (QED) is 0.864. The van der Waals surface area contributed by atoms with E-state index in [9.17, 15) is 4.79 Å². The third kappa shape index (κ3) is 3.53. The van der Waals surface area contributed by atoms with Crippen molar-refractivity contribution in [3.63, 3.8) is 0 Å². The highest BCUT2D eigenvalue weighted by atomic mass is 16.2. The molecule has 0 aromatic carbocycles. The number of carbonyl (C=O) groups excluding carboxylic acids is 1. The molecule has 6 nitrogen and oxygen atoms in total. The number of rotatable bonds is 5. The average molecular weight is 331 g/mol. The number of carbonyl (C=O) groups is 1. The summed E-state index contributed by atoms with van der Waals surface area (Å²) in [4.78, 5) is 23.6. The van der Waals surface area contributed by atoms with Gasteiger partial charge in [0.05, 0.1) is 11.6 Å². The van der Waals surface area contributed by atoms with Gasteiger partial charge in [-0.15, -0.1) is 0 Å². The summed E-state index contributed by atoms with van der Waals surface area (Å²) in [7, 11) is 2.08. The van der Waals surface area contributed by atoms with Crippen LogP contribution in [0.4, 0.5) is 5.95 Å². The SMILES string of the molecule is Cc1nc(N(C)C2CCCCC2)ncc1[C@@H](C)NC(=O)C1(N)CC1. The van der Waals surface area contributed by atoms with Crippen molar-refractivity contribution in [1.29, 1.82) is 0 Å². The fourth-order valence-corrected chi connectivity index (χ4v) is 3.47. The molecule has 2 aliphatic carbocycles. The van der Waals surface area contributed by atoms with Crippen LogP contribution in [0.15, 0.2) is 6.20 Å². The summed E-state index contributed by atoms with van der Waals surface area (Å²) in [6.07, 6.45) is 9.72. The molecule has 0 unspecified atom stereocenters. The molecular weight excluding hydrogens is 302 g/mol. The van der Waals surface area contributed by atoms with Gasteiger partial charge >= 0.3 is 0 Å². The van der Waals surface area contributed by atoms with Crippen molar-refractivity contribution in [3.05, 3.63) is 17.5 Å². The summed E-state index contributed by atoms with van der Waals surface area (Å²) < 4.78 is 0. The number of nitrogens with one attached hydrogen (secondary N) is 1. The van der Waals surface area contributed by atoms with E-state index in [0.29, 0.717) is 6.04 Å². The number of aryl methyl sites for hydroxylation is 1. The highest BCUT2D eigenvalue weighted by Gasteiger charge is 2.46. The normalized spacial score (nSPS) is 21.2. The first-order valence-electron chi connectivity index (χ1n) is 9.07. The summed E-state index contributed by atoms with van der Waals surface area (Å²) in [6.45, 7) is 3.94. The Labute approximate surface area is 144 Å². The predicted molar refractivity (Wildman–Crippen MR) is 94.8 cm³/mol. The van der Waals surface area contributed by atoms with E-state index in [0.717, 1.165) is 30.0 Å². The van der Waals surface area contributed by atoms with Crippen LogP contribution in [0.1, 0.15) is 69.2 Å². The summed E-state index contributed by atoms with van der Waals surface area (Å²) in [6, 6.07) is 0.403. The van der Waals surface area contributed by atoms with Crippen molar-refractivity contribution in [1.82, 2.24) is 15.3 Å². The van der Waals surface area contributed by atoms with E-state index in [1.54, 1.807) is 0 Å². The van der Waals surface area contributed by atoms with Gasteiger partial charge in [0.1, 0.15) is 0 Å². The first-order valence-corrected chi connectivity index (χ1v) is 9.07. The molecular formula is C18H29N5O. The summed E-state index contributed by atoms with van der Waals surface area (Å²) >= 11 is 0. The van der Waals surface area contributed by atoms with Gasteiger partial charge in [-0.25, -0.2) is 9.97 Å². The lowest BCUT2D eigenvalue weighted by atomic mass is 9.95. The third-order valence-corrected chi connectivity index (χ3v) is 5.50. The maximum absolute atomic E-state index is 12.1. The molecule has 2 saturated carbocycles. The number of nitrogens with two attached hydrogens (primary N) is 1. The van der Waals surface area contributed by atoms with E-state index in [4.69, 9.17) is 5.73 Å². The highest BCUT2D eigenvalue weighted by Crippen LogP contribution is 2.33. The molecule has 3 rings (SSSR count). The van der Waals surface area contributed by atoms with Gasteiger partial charge in [-0.1, -0.05) is 19.3 Å². The minimum atomic E-state index is -0.649. The molecule has 1 heterocycles. The van der Waals surface area contributed by atoms with Crippen molar-refractivity contribution in [2.24, 2.45) is 5.73 Å². The van der Waals surface area contributed by atoms with Gasteiger partial charge in [0.2, 0.25) is 11.9 Å². The van der Waals surface area contributed by atoms with Crippen LogP contribution in [0.2, 0.25) is 0 Å². The molecule has 0 aliphatic heterocycles. The number of nitrogens with zero attached hydrogens (tertiary/aromatic N) is 3. The third-order valence-electron chi connectivity index (χ3n) is 5.50. The van der Waals surface area contributed by atoms with Crippen LogP contribution in [0.3, 0.4) is 0 Å². The molecule has 24 heavy (non-hydrogen) atoms. The van der Waals surface area contributed by atoms with Crippen LogP contribution < -0.4 is 16.0 Å². The molecule has 0 radical (unpaired) electrons. The fraction of sp³-hybridized carbons (Fsp3) is 0.722. The van der Waals surface area contributed by atoms with Crippen molar-refractivity contribution in [3.8, 4) is 0 Å². The number of hydrogen-bond acceptors (Lipinski definition) is 5. The predicted octanol–water partition coefficient (Wildman–Crippen LogP) is 2.22. The smallest absolute Gasteiger partial charge is 0.240 e. The van der Waals surface area contributed by atoms with E-state index < -0.39 is 5.54 Å². The topological polar surface area (TPSA) is 84.1 Å². The standard InChI is InChI=1S/C18H29N5O/c1-12(21-16(24)18(19)9-10-18)15-11-20-17(22-13(15)2)23(3)14-7-5-4-6-8-14/h11-12,14H,4-10,19H2,1-3H3,(H,21,24)/t12-/m1/s1. The zero-order chi connectivity index (χ0) is 17.3. The Morgan fingerprint density at radius 1 is 1.38 bits per heavy atom. The fourth-order valence-electron chi connectivity index (χ4n) is 3.47. The lowest BCUT2D eigenvalue weighted by molar-refractivity contribution is -0.123. The second-order valence-corrected chi connectivity index (χ2v) is 7.46. The number of anilines is 1. The Morgan fingerprint density at radius 3 is 2.62 bits per heavy atom. The van der Waals surface area contributed by atoms with Crippen molar-refractivity contribution < 1.29 is 4.79 Å². The average Bonchev–Trinajstić information content (AvgIpc) is 3.33. The molecule has 132 valence electrons. The maximum Gasteiger partial charge on any atom is 0.240 e. The van der Waals surface area contributed by atoms with E-state index in [1.807, 2.05) is 20.0 Å². The Balaban J connectivity index is 1.68. The van der Waals surface area contributed by atoms with Crippen LogP contribution in [-0.4, -0.2) is 34.5 Å². The lowest BCUT2D eigenvalue weighted by Crippen LogP contribution is -2.43. The minimum Gasteiger partial charge on any atom is -0.348 e. The maximum atomic E-state index is 12.1. The Morgan fingerprint density at radius 2 is 2.04 bits per heavy atom. The number of amides is 1. The van der Waals surface area contributed by atoms with Gasteiger partial charge in [-0.05, 0) is 39.5 Å². The van der Waals surface area contributed by atoms with Crippen LogP contribution >= 0.6 is 0 Å². The number of hydrogen-bond donors (Lipinski definition) is 2. The molecule has 2 fully saturated rings. The molecule has 0 spiro atoms. The minimum absolute atomic E-state index is 0.0715. The Kier molecular flexibility index (Phi) is 4.76. The van der Waals surface area contributed by atoms with Gasteiger partial charge in [0.25, 0.3) is 0 Å².